The number of hydrogen-bond donors (Lipinski definition) is 1. The summed E-state index contributed by atoms with van der Waals surface area (Å²) in [6, 6.07) is 3.98. The van der Waals surface area contributed by atoms with Gasteiger partial charge in [0, 0.05) is 12.1 Å². The molecule has 0 aromatic carbocycles. The van der Waals surface area contributed by atoms with E-state index < -0.39 is 0 Å². The molecule has 2 N–H and O–H groups in total. The number of likely N-dealkylation sites (N-methyl/N-ethyl adjacent to an activating group) is 1. The second-order valence-corrected chi connectivity index (χ2v) is 5.55. The first-order valence-electron chi connectivity index (χ1n) is 6.60. The number of nitrogens with zero attached hydrogens (tertiary/aromatic N) is 1. The normalized spacial score (nSPS) is 29.8. The van der Waals surface area contributed by atoms with Crippen LogP contribution in [0.4, 0.5) is 0 Å². The van der Waals surface area contributed by atoms with Crippen LogP contribution < -0.4 is 5.73 Å². The van der Waals surface area contributed by atoms with Crippen LogP contribution in [0.3, 0.4) is 0 Å². The summed E-state index contributed by atoms with van der Waals surface area (Å²) in [5.74, 6) is 1.88. The van der Waals surface area contributed by atoms with Gasteiger partial charge >= 0.3 is 0 Å². The molecule has 0 radical (unpaired) electrons. The quantitative estimate of drug-likeness (QED) is 0.874. The van der Waals surface area contributed by atoms with Crippen molar-refractivity contribution in [1.82, 2.24) is 4.90 Å². The van der Waals surface area contributed by atoms with Crippen LogP contribution in [-0.4, -0.2) is 24.0 Å². The molecule has 0 atom stereocenters. The molecule has 1 aliphatic carbocycles. The minimum atomic E-state index is 0.180. The van der Waals surface area contributed by atoms with Crippen LogP contribution >= 0.6 is 0 Å². The van der Waals surface area contributed by atoms with Gasteiger partial charge in [-0.05, 0) is 50.8 Å². The lowest BCUT2D eigenvalue weighted by Gasteiger charge is -2.45. The summed E-state index contributed by atoms with van der Waals surface area (Å²) >= 11 is 0. The average molecular weight is 236 g/mol. The molecule has 1 aromatic heterocycles. The third-order valence-electron chi connectivity index (χ3n) is 4.37. The van der Waals surface area contributed by atoms with Gasteiger partial charge in [0.25, 0.3) is 0 Å². The van der Waals surface area contributed by atoms with Crippen LogP contribution in [-0.2, 0) is 6.54 Å². The second kappa shape index (κ2) is 5.23. The first kappa shape index (κ1) is 12.7. The monoisotopic (exact) mass is 236 g/mol. The molecule has 0 aliphatic heterocycles. The minimum Gasteiger partial charge on any atom is -0.468 e. The Morgan fingerprint density at radius 1 is 1.47 bits per heavy atom. The van der Waals surface area contributed by atoms with Gasteiger partial charge < -0.3 is 10.2 Å². The van der Waals surface area contributed by atoms with E-state index in [1.807, 2.05) is 12.1 Å². The zero-order chi connectivity index (χ0) is 12.3. The van der Waals surface area contributed by atoms with Crippen LogP contribution in [0.2, 0.25) is 0 Å². The van der Waals surface area contributed by atoms with Gasteiger partial charge in [-0.15, -0.1) is 0 Å². The van der Waals surface area contributed by atoms with E-state index in [1.54, 1.807) is 6.26 Å². The largest absolute Gasteiger partial charge is 0.468 e. The number of hydrogen-bond acceptors (Lipinski definition) is 3. The Kier molecular flexibility index (Phi) is 3.89. The Bertz CT molecular complexity index is 326. The maximum absolute atomic E-state index is 6.04. The van der Waals surface area contributed by atoms with Crippen molar-refractivity contribution in [2.24, 2.45) is 11.7 Å². The van der Waals surface area contributed by atoms with E-state index in [1.165, 1.54) is 25.7 Å². The molecule has 3 heteroatoms. The molecule has 0 saturated heterocycles. The summed E-state index contributed by atoms with van der Waals surface area (Å²) in [4.78, 5) is 2.39. The van der Waals surface area contributed by atoms with E-state index in [2.05, 4.69) is 18.9 Å². The summed E-state index contributed by atoms with van der Waals surface area (Å²) in [6.45, 7) is 3.95. The standard InChI is InChI=1S/C14H24N2O/c1-12-5-7-14(11-15,8-6-12)16(2)10-13-4-3-9-17-13/h3-4,9,12H,5-8,10-11,15H2,1-2H3. The Labute approximate surface area is 104 Å². The van der Waals surface area contributed by atoms with Gasteiger partial charge in [0.05, 0.1) is 12.8 Å². The first-order chi connectivity index (χ1) is 8.16. The first-order valence-corrected chi connectivity index (χ1v) is 6.60. The highest BCUT2D eigenvalue weighted by molar-refractivity contribution is 5.01. The zero-order valence-electron chi connectivity index (χ0n) is 11.0. The molecule has 1 heterocycles. The molecule has 0 bridgehead atoms. The van der Waals surface area contributed by atoms with Gasteiger partial charge in [-0.1, -0.05) is 6.92 Å². The molecule has 3 nitrogen and oxygen atoms in total. The minimum absolute atomic E-state index is 0.180. The molecular weight excluding hydrogens is 212 g/mol. The van der Waals surface area contributed by atoms with E-state index in [0.717, 1.165) is 24.8 Å². The highest BCUT2D eigenvalue weighted by Crippen LogP contribution is 2.35. The van der Waals surface area contributed by atoms with Gasteiger partial charge in [0.2, 0.25) is 0 Å². The van der Waals surface area contributed by atoms with Crippen LogP contribution in [0.1, 0.15) is 38.4 Å². The maximum Gasteiger partial charge on any atom is 0.117 e. The summed E-state index contributed by atoms with van der Waals surface area (Å²) in [5.41, 5.74) is 6.22. The third kappa shape index (κ3) is 2.72. The molecule has 0 unspecified atom stereocenters. The van der Waals surface area contributed by atoms with Gasteiger partial charge in [-0.2, -0.15) is 0 Å². The van der Waals surface area contributed by atoms with Crippen molar-refractivity contribution in [2.45, 2.75) is 44.7 Å². The van der Waals surface area contributed by atoms with Crippen molar-refractivity contribution in [2.75, 3.05) is 13.6 Å². The predicted octanol–water partition coefficient (Wildman–Crippen LogP) is 2.62. The maximum atomic E-state index is 6.04. The van der Waals surface area contributed by atoms with E-state index in [0.29, 0.717) is 0 Å². The SMILES string of the molecule is CC1CCC(CN)(N(C)Cc2ccco2)CC1. The fourth-order valence-electron chi connectivity index (χ4n) is 2.85. The Morgan fingerprint density at radius 2 is 2.18 bits per heavy atom. The molecule has 17 heavy (non-hydrogen) atoms. The highest BCUT2D eigenvalue weighted by Gasteiger charge is 2.36. The summed E-state index contributed by atoms with van der Waals surface area (Å²) in [7, 11) is 2.17. The lowest BCUT2D eigenvalue weighted by Crippen LogP contribution is -2.53. The number of furan rings is 1. The molecule has 1 fully saturated rings. The molecule has 0 amide bonds. The fraction of sp³-hybridized carbons (Fsp3) is 0.714. The topological polar surface area (TPSA) is 42.4 Å². The van der Waals surface area contributed by atoms with Gasteiger partial charge in [-0.3, -0.25) is 4.90 Å². The van der Waals surface area contributed by atoms with Crippen molar-refractivity contribution in [3.8, 4) is 0 Å². The lowest BCUT2D eigenvalue weighted by atomic mass is 9.76. The van der Waals surface area contributed by atoms with Gasteiger partial charge in [0.1, 0.15) is 5.76 Å². The van der Waals surface area contributed by atoms with Crippen molar-refractivity contribution in [3.05, 3.63) is 24.2 Å². The van der Waals surface area contributed by atoms with Crippen LogP contribution in [0.15, 0.2) is 22.8 Å². The van der Waals surface area contributed by atoms with Gasteiger partial charge in [0.15, 0.2) is 0 Å². The summed E-state index contributed by atoms with van der Waals surface area (Å²) < 4.78 is 5.42. The van der Waals surface area contributed by atoms with E-state index in [4.69, 9.17) is 10.2 Å². The second-order valence-electron chi connectivity index (χ2n) is 5.55. The van der Waals surface area contributed by atoms with E-state index in [-0.39, 0.29) is 5.54 Å². The van der Waals surface area contributed by atoms with Crippen LogP contribution in [0, 0.1) is 5.92 Å². The molecule has 1 aromatic rings. The Balaban J connectivity index is 2.02. The highest BCUT2D eigenvalue weighted by atomic mass is 16.3. The van der Waals surface area contributed by atoms with Crippen LogP contribution in [0.25, 0.3) is 0 Å². The molecular formula is C14H24N2O. The van der Waals surface area contributed by atoms with Crippen molar-refractivity contribution in [1.29, 1.82) is 0 Å². The molecule has 96 valence electrons. The smallest absolute Gasteiger partial charge is 0.117 e. The predicted molar refractivity (Wildman–Crippen MR) is 69.6 cm³/mol. The zero-order valence-corrected chi connectivity index (χ0v) is 11.0. The molecule has 0 spiro atoms. The van der Waals surface area contributed by atoms with Crippen molar-refractivity contribution >= 4 is 0 Å². The Hall–Kier alpha value is -0.800. The van der Waals surface area contributed by atoms with E-state index in [9.17, 15) is 0 Å². The average Bonchev–Trinajstić information content (AvgIpc) is 2.83. The lowest BCUT2D eigenvalue weighted by molar-refractivity contribution is 0.0562. The van der Waals surface area contributed by atoms with E-state index >= 15 is 0 Å². The van der Waals surface area contributed by atoms with Crippen molar-refractivity contribution in [3.63, 3.8) is 0 Å². The molecule has 1 aliphatic rings. The summed E-state index contributed by atoms with van der Waals surface area (Å²) in [6.07, 6.45) is 6.74. The fourth-order valence-corrected chi connectivity index (χ4v) is 2.85. The third-order valence-corrected chi connectivity index (χ3v) is 4.37. The van der Waals surface area contributed by atoms with Gasteiger partial charge in [-0.25, -0.2) is 0 Å². The number of rotatable bonds is 4. The molecule has 2 rings (SSSR count). The summed E-state index contributed by atoms with van der Waals surface area (Å²) in [5, 5.41) is 0. The number of nitrogens with two attached hydrogens (primary N) is 1. The molecule has 1 saturated carbocycles. The van der Waals surface area contributed by atoms with Crippen LogP contribution in [0.5, 0.6) is 0 Å². The Morgan fingerprint density at radius 3 is 2.71 bits per heavy atom. The van der Waals surface area contributed by atoms with Crippen molar-refractivity contribution < 1.29 is 4.42 Å².